The molecule has 0 fully saturated rings. The number of H-pyrrole nitrogens is 1. The van der Waals surface area contributed by atoms with Gasteiger partial charge in [-0.1, -0.05) is 23.9 Å². The molecule has 0 aliphatic carbocycles. The molecule has 0 unspecified atom stereocenters. The van der Waals surface area contributed by atoms with Crippen LogP contribution in [0.25, 0.3) is 11.3 Å². The standard InChI is InChI=1S/C20H16FN5O2S2/c1-28-17-7-6-14(8-15(17)21)16-10-30-20(24-16)25-18(27)13-4-2-12(3-5-13)9-29-19-22-11-23-26-19/h2-8,10-11H,9H2,1H3,(H,22,23,26)(H,24,25,27). The van der Waals surface area contributed by atoms with Crippen LogP contribution < -0.4 is 10.1 Å². The van der Waals surface area contributed by atoms with Crippen LogP contribution in [0.4, 0.5) is 9.52 Å². The lowest BCUT2D eigenvalue weighted by Gasteiger charge is -2.04. The summed E-state index contributed by atoms with van der Waals surface area (Å²) in [5.74, 6) is 0.164. The van der Waals surface area contributed by atoms with E-state index < -0.39 is 5.82 Å². The largest absolute Gasteiger partial charge is 0.494 e. The molecule has 2 aromatic carbocycles. The van der Waals surface area contributed by atoms with Crippen LogP contribution in [0.2, 0.25) is 0 Å². The van der Waals surface area contributed by atoms with E-state index in [1.54, 1.807) is 29.6 Å². The summed E-state index contributed by atoms with van der Waals surface area (Å²) >= 11 is 2.80. The number of carbonyl (C=O) groups is 1. The van der Waals surface area contributed by atoms with Gasteiger partial charge in [-0.3, -0.25) is 15.2 Å². The summed E-state index contributed by atoms with van der Waals surface area (Å²) in [6, 6.07) is 11.9. The molecule has 7 nitrogen and oxygen atoms in total. The number of hydrogen-bond donors (Lipinski definition) is 2. The topological polar surface area (TPSA) is 92.8 Å². The highest BCUT2D eigenvalue weighted by Crippen LogP contribution is 2.28. The van der Waals surface area contributed by atoms with Gasteiger partial charge in [0.15, 0.2) is 21.9 Å². The quantitative estimate of drug-likeness (QED) is 0.407. The molecule has 2 aromatic heterocycles. The Morgan fingerprint density at radius 3 is 2.80 bits per heavy atom. The summed E-state index contributed by atoms with van der Waals surface area (Å²) in [7, 11) is 1.41. The van der Waals surface area contributed by atoms with Gasteiger partial charge in [0.25, 0.3) is 5.91 Å². The summed E-state index contributed by atoms with van der Waals surface area (Å²) < 4.78 is 18.8. The maximum absolute atomic E-state index is 13.9. The number of methoxy groups -OCH3 is 1. The summed E-state index contributed by atoms with van der Waals surface area (Å²) in [5.41, 5.74) is 2.77. The first-order valence-electron chi connectivity index (χ1n) is 8.80. The Balaban J connectivity index is 1.38. The van der Waals surface area contributed by atoms with Gasteiger partial charge in [-0.25, -0.2) is 14.4 Å². The SMILES string of the molecule is COc1ccc(-c2csc(NC(=O)c3ccc(CSc4ncn[nH]4)cc3)n2)cc1F. The van der Waals surface area contributed by atoms with Gasteiger partial charge in [0.1, 0.15) is 6.33 Å². The van der Waals surface area contributed by atoms with E-state index in [1.165, 1.54) is 42.6 Å². The fraction of sp³-hybridized carbons (Fsp3) is 0.100. The lowest BCUT2D eigenvalue weighted by molar-refractivity contribution is 0.102. The number of nitrogens with zero attached hydrogens (tertiary/aromatic N) is 3. The molecule has 0 saturated heterocycles. The van der Waals surface area contributed by atoms with Crippen LogP contribution in [-0.4, -0.2) is 33.2 Å². The Bertz CT molecular complexity index is 1150. The van der Waals surface area contributed by atoms with Crippen molar-refractivity contribution in [2.45, 2.75) is 10.9 Å². The zero-order valence-corrected chi connectivity index (χ0v) is 17.4. The number of ether oxygens (including phenoxy) is 1. The summed E-state index contributed by atoms with van der Waals surface area (Å²) in [6.45, 7) is 0. The number of thiazole rings is 1. The number of amides is 1. The average Bonchev–Trinajstić information content (AvgIpc) is 3.45. The predicted octanol–water partition coefficient (Wildman–Crippen LogP) is 4.62. The minimum atomic E-state index is -0.463. The van der Waals surface area contributed by atoms with E-state index in [0.717, 1.165) is 10.7 Å². The molecule has 0 radical (unpaired) electrons. The summed E-state index contributed by atoms with van der Waals surface area (Å²) in [4.78, 5) is 20.9. The van der Waals surface area contributed by atoms with Crippen molar-refractivity contribution >= 4 is 34.1 Å². The van der Waals surface area contributed by atoms with Gasteiger partial charge >= 0.3 is 0 Å². The van der Waals surface area contributed by atoms with Crippen LogP contribution in [0, 0.1) is 5.82 Å². The number of thioether (sulfide) groups is 1. The second kappa shape index (κ2) is 9.06. The van der Waals surface area contributed by atoms with Gasteiger partial charge in [-0.05, 0) is 35.9 Å². The van der Waals surface area contributed by atoms with Crippen LogP contribution in [-0.2, 0) is 5.75 Å². The fourth-order valence-electron chi connectivity index (χ4n) is 2.63. The highest BCUT2D eigenvalue weighted by atomic mass is 32.2. The maximum atomic E-state index is 13.9. The number of halogens is 1. The Kier molecular flexibility index (Phi) is 6.05. The smallest absolute Gasteiger partial charge is 0.257 e. The molecule has 10 heteroatoms. The second-order valence-corrected chi connectivity index (χ2v) is 7.94. The van der Waals surface area contributed by atoms with Crippen LogP contribution >= 0.6 is 23.1 Å². The molecule has 4 rings (SSSR count). The van der Waals surface area contributed by atoms with Gasteiger partial charge < -0.3 is 4.74 Å². The number of aromatic nitrogens is 4. The number of aromatic amines is 1. The molecule has 0 spiro atoms. The number of anilines is 1. The predicted molar refractivity (Wildman–Crippen MR) is 114 cm³/mol. The molecule has 4 aromatic rings. The minimum Gasteiger partial charge on any atom is -0.494 e. The first-order chi connectivity index (χ1) is 14.6. The molecule has 0 aliphatic rings. The third-order valence-corrected chi connectivity index (χ3v) is 5.86. The van der Waals surface area contributed by atoms with Crippen LogP contribution in [0.3, 0.4) is 0 Å². The number of benzene rings is 2. The van der Waals surface area contributed by atoms with Gasteiger partial charge in [-0.2, -0.15) is 5.10 Å². The van der Waals surface area contributed by atoms with E-state index in [9.17, 15) is 9.18 Å². The van der Waals surface area contributed by atoms with Gasteiger partial charge in [0.2, 0.25) is 0 Å². The van der Waals surface area contributed by atoms with E-state index in [-0.39, 0.29) is 11.7 Å². The molecular weight excluding hydrogens is 425 g/mol. The van der Waals surface area contributed by atoms with Crippen molar-refractivity contribution in [1.82, 2.24) is 20.2 Å². The molecule has 1 amide bonds. The van der Waals surface area contributed by atoms with E-state index in [4.69, 9.17) is 4.74 Å². The third-order valence-electron chi connectivity index (χ3n) is 4.16. The molecule has 2 N–H and O–H groups in total. The number of carbonyl (C=O) groups excluding carboxylic acids is 1. The van der Waals surface area contributed by atoms with Crippen LogP contribution in [0.1, 0.15) is 15.9 Å². The summed E-state index contributed by atoms with van der Waals surface area (Å²) in [5, 5.41) is 12.3. The Morgan fingerprint density at radius 2 is 2.10 bits per heavy atom. The molecule has 0 aliphatic heterocycles. The first kappa shape index (κ1) is 20.0. The second-order valence-electron chi connectivity index (χ2n) is 6.12. The molecule has 30 heavy (non-hydrogen) atoms. The molecule has 2 heterocycles. The van der Waals surface area contributed by atoms with E-state index >= 15 is 0 Å². The average molecular weight is 442 g/mol. The lowest BCUT2D eigenvalue weighted by Crippen LogP contribution is -2.11. The van der Waals surface area contributed by atoms with Crippen molar-refractivity contribution in [2.24, 2.45) is 0 Å². The normalized spacial score (nSPS) is 10.7. The number of hydrogen-bond acceptors (Lipinski definition) is 7. The Hall–Kier alpha value is -3.24. The molecular formula is C20H16FN5O2S2. The third kappa shape index (κ3) is 4.66. The van der Waals surface area contributed by atoms with Crippen molar-refractivity contribution in [3.8, 4) is 17.0 Å². The highest BCUT2D eigenvalue weighted by Gasteiger charge is 2.12. The number of rotatable bonds is 7. The van der Waals surface area contributed by atoms with Crippen molar-refractivity contribution in [1.29, 1.82) is 0 Å². The minimum absolute atomic E-state index is 0.171. The van der Waals surface area contributed by atoms with Crippen LogP contribution in [0.5, 0.6) is 5.75 Å². The maximum Gasteiger partial charge on any atom is 0.257 e. The Labute approximate surface area is 179 Å². The molecule has 0 atom stereocenters. The van der Waals surface area contributed by atoms with E-state index in [1.807, 2.05) is 12.1 Å². The molecule has 0 bridgehead atoms. The zero-order valence-electron chi connectivity index (χ0n) is 15.8. The fourth-order valence-corrected chi connectivity index (χ4v) is 4.08. The number of nitrogens with one attached hydrogen (secondary N) is 2. The van der Waals surface area contributed by atoms with E-state index in [0.29, 0.717) is 27.7 Å². The van der Waals surface area contributed by atoms with Crippen molar-refractivity contribution in [3.63, 3.8) is 0 Å². The van der Waals surface area contributed by atoms with E-state index in [2.05, 4.69) is 25.5 Å². The summed E-state index contributed by atoms with van der Waals surface area (Å²) in [6.07, 6.45) is 1.46. The lowest BCUT2D eigenvalue weighted by atomic mass is 10.1. The van der Waals surface area contributed by atoms with Gasteiger partial charge in [0, 0.05) is 22.3 Å². The molecule has 0 saturated carbocycles. The van der Waals surface area contributed by atoms with Gasteiger partial charge in [-0.15, -0.1) is 11.3 Å². The first-order valence-corrected chi connectivity index (χ1v) is 10.7. The van der Waals surface area contributed by atoms with Crippen molar-refractivity contribution < 1.29 is 13.9 Å². The van der Waals surface area contributed by atoms with Crippen LogP contribution in [0.15, 0.2) is 59.3 Å². The monoisotopic (exact) mass is 441 g/mol. The van der Waals surface area contributed by atoms with Gasteiger partial charge in [0.05, 0.1) is 12.8 Å². The highest BCUT2D eigenvalue weighted by molar-refractivity contribution is 7.98. The van der Waals surface area contributed by atoms with Crippen molar-refractivity contribution in [3.05, 3.63) is 71.1 Å². The molecule has 152 valence electrons. The Morgan fingerprint density at radius 1 is 1.27 bits per heavy atom. The zero-order chi connectivity index (χ0) is 20.9. The van der Waals surface area contributed by atoms with Crippen molar-refractivity contribution in [2.75, 3.05) is 12.4 Å².